The van der Waals surface area contributed by atoms with Crippen LogP contribution in [0.25, 0.3) is 27.8 Å². The third-order valence-corrected chi connectivity index (χ3v) is 9.45. The number of nitrogens with zero attached hydrogens (tertiary/aromatic N) is 5. The van der Waals surface area contributed by atoms with Crippen LogP contribution < -0.4 is 15.5 Å². The summed E-state index contributed by atoms with van der Waals surface area (Å²) in [6.45, 7) is 7.91. The highest BCUT2D eigenvalue weighted by atomic mass is 19.4. The van der Waals surface area contributed by atoms with Crippen molar-refractivity contribution in [3.05, 3.63) is 88.3 Å². The van der Waals surface area contributed by atoms with Crippen molar-refractivity contribution in [2.45, 2.75) is 72.3 Å². The molecule has 0 spiro atoms. The lowest BCUT2D eigenvalue weighted by atomic mass is 9.95. The minimum atomic E-state index is -4.57. The lowest BCUT2D eigenvalue weighted by Crippen LogP contribution is -2.48. The SMILES string of the molecule is CCc1cccc(CC)c1-n1nc2c(c1-c1c(F)cc(CNC(C(=O)NCC(=O)O)C(C)C)c3[nH]ccc13)CN(c1ncc(C(F)(F)F)cn1)CC2. The van der Waals surface area contributed by atoms with Crippen LogP contribution >= 0.6 is 0 Å². The average Bonchev–Trinajstić information content (AvgIpc) is 3.75. The first-order valence-corrected chi connectivity index (χ1v) is 17.2. The first-order valence-electron chi connectivity index (χ1n) is 17.2. The Kier molecular flexibility index (Phi) is 10.3. The summed E-state index contributed by atoms with van der Waals surface area (Å²) in [6.07, 6.45) is 0.491. The van der Waals surface area contributed by atoms with Crippen LogP contribution in [0.5, 0.6) is 0 Å². The van der Waals surface area contributed by atoms with Crippen LogP contribution in [0.3, 0.4) is 0 Å². The number of aryl methyl sites for hydroxylation is 2. The highest BCUT2D eigenvalue weighted by Crippen LogP contribution is 2.41. The molecular formula is C37H40F4N8O3. The number of carbonyl (C=O) groups is 2. The molecule has 1 unspecified atom stereocenters. The molecule has 11 nitrogen and oxygen atoms in total. The van der Waals surface area contributed by atoms with Gasteiger partial charge in [0.2, 0.25) is 11.9 Å². The number of amides is 1. The van der Waals surface area contributed by atoms with Crippen LogP contribution in [0.2, 0.25) is 0 Å². The predicted octanol–water partition coefficient (Wildman–Crippen LogP) is 5.97. The van der Waals surface area contributed by atoms with Crippen LogP contribution in [0.1, 0.15) is 61.2 Å². The highest BCUT2D eigenvalue weighted by molar-refractivity contribution is 5.98. The minimum absolute atomic E-state index is 0.104. The Morgan fingerprint density at radius 2 is 1.75 bits per heavy atom. The fourth-order valence-electron chi connectivity index (χ4n) is 6.85. The van der Waals surface area contributed by atoms with Crippen molar-refractivity contribution in [1.82, 2.24) is 35.4 Å². The summed E-state index contributed by atoms with van der Waals surface area (Å²) in [5.74, 6) is -2.23. The summed E-state index contributed by atoms with van der Waals surface area (Å²) >= 11 is 0. The van der Waals surface area contributed by atoms with Crippen LogP contribution in [-0.2, 0) is 48.1 Å². The number of anilines is 1. The number of hydrogen-bond donors (Lipinski definition) is 4. The van der Waals surface area contributed by atoms with Gasteiger partial charge in [0.25, 0.3) is 0 Å². The molecule has 5 aromatic rings. The van der Waals surface area contributed by atoms with E-state index in [-0.39, 0.29) is 25.0 Å². The van der Waals surface area contributed by atoms with Crippen LogP contribution in [0, 0.1) is 11.7 Å². The second-order valence-corrected chi connectivity index (χ2v) is 13.1. The third-order valence-electron chi connectivity index (χ3n) is 9.45. The smallest absolute Gasteiger partial charge is 0.419 e. The fourth-order valence-corrected chi connectivity index (χ4v) is 6.85. The third kappa shape index (κ3) is 7.09. The number of benzene rings is 2. The quantitative estimate of drug-likeness (QED) is 0.116. The van der Waals surface area contributed by atoms with Gasteiger partial charge in [-0.25, -0.2) is 19.0 Å². The van der Waals surface area contributed by atoms with Crippen molar-refractivity contribution in [3.8, 4) is 16.9 Å². The van der Waals surface area contributed by atoms with Crippen molar-refractivity contribution in [3.63, 3.8) is 0 Å². The lowest BCUT2D eigenvalue weighted by molar-refractivity contribution is -0.138. The van der Waals surface area contributed by atoms with Gasteiger partial charge in [-0.3, -0.25) is 9.59 Å². The van der Waals surface area contributed by atoms with E-state index in [0.717, 1.165) is 34.9 Å². The molecule has 274 valence electrons. The number of para-hydroxylation sites is 1. The summed E-state index contributed by atoms with van der Waals surface area (Å²) in [5.41, 5.74) is 5.43. The van der Waals surface area contributed by atoms with Gasteiger partial charge in [0, 0.05) is 61.2 Å². The second-order valence-electron chi connectivity index (χ2n) is 13.1. The molecule has 0 saturated heterocycles. The average molecular weight is 721 g/mol. The van der Waals surface area contributed by atoms with Crippen LogP contribution in [0.4, 0.5) is 23.5 Å². The zero-order valence-corrected chi connectivity index (χ0v) is 29.2. The number of halogens is 4. The summed E-state index contributed by atoms with van der Waals surface area (Å²) in [6, 6.07) is 8.51. The Labute approximate surface area is 297 Å². The largest absolute Gasteiger partial charge is 0.480 e. The molecule has 6 rings (SSSR count). The predicted molar refractivity (Wildman–Crippen MR) is 187 cm³/mol. The Balaban J connectivity index is 1.47. The van der Waals surface area contributed by atoms with E-state index in [2.05, 4.69) is 25.6 Å². The van der Waals surface area contributed by atoms with Gasteiger partial charge in [0.05, 0.1) is 34.2 Å². The molecule has 1 aliphatic rings. The van der Waals surface area contributed by atoms with E-state index in [1.807, 2.05) is 50.6 Å². The number of carboxylic acids is 1. The molecule has 0 fully saturated rings. The van der Waals surface area contributed by atoms with E-state index in [0.29, 0.717) is 59.1 Å². The summed E-state index contributed by atoms with van der Waals surface area (Å²) in [7, 11) is 0. The number of hydrogen-bond acceptors (Lipinski definition) is 7. The molecule has 0 bridgehead atoms. The molecule has 1 amide bonds. The Morgan fingerprint density at radius 1 is 1.06 bits per heavy atom. The van der Waals surface area contributed by atoms with Gasteiger partial charge in [0.1, 0.15) is 12.4 Å². The molecule has 15 heteroatoms. The minimum Gasteiger partial charge on any atom is -0.480 e. The van der Waals surface area contributed by atoms with Gasteiger partial charge < -0.3 is 25.6 Å². The van der Waals surface area contributed by atoms with Gasteiger partial charge >= 0.3 is 12.1 Å². The molecule has 0 radical (unpaired) electrons. The standard InChI is InChI=1S/C37H40F4N8O3/c1-5-21-8-7-9-22(6-2)33(21)49-34(26-19-48(13-11-28(26)47-49)36-45-16-24(17-46-36)37(39,40)41)30-25-10-12-42-32(25)23(14-27(30)38)15-43-31(20(3)4)35(52)44-18-29(50)51/h7-10,12,14,16-17,20,31,42-43H,5-6,11,13,15,18-19H2,1-4H3,(H,44,52)(H,50,51). The van der Waals surface area contributed by atoms with E-state index in [4.69, 9.17) is 10.2 Å². The Bertz CT molecular complexity index is 2080. The van der Waals surface area contributed by atoms with Crippen LogP contribution in [-0.4, -0.2) is 60.8 Å². The van der Waals surface area contributed by atoms with E-state index in [1.54, 1.807) is 17.2 Å². The Morgan fingerprint density at radius 3 is 2.37 bits per heavy atom. The summed E-state index contributed by atoms with van der Waals surface area (Å²) in [5, 5.41) is 20.3. The van der Waals surface area contributed by atoms with E-state index in [9.17, 15) is 22.8 Å². The van der Waals surface area contributed by atoms with E-state index in [1.165, 1.54) is 6.07 Å². The molecule has 4 N–H and O–H groups in total. The molecule has 0 saturated carbocycles. The molecule has 4 heterocycles. The van der Waals surface area contributed by atoms with Crippen molar-refractivity contribution < 1.29 is 32.3 Å². The molecule has 0 aliphatic carbocycles. The number of H-pyrrole nitrogens is 1. The zero-order valence-electron chi connectivity index (χ0n) is 29.2. The van der Waals surface area contributed by atoms with Crippen molar-refractivity contribution >= 4 is 28.7 Å². The van der Waals surface area contributed by atoms with Crippen molar-refractivity contribution in [1.29, 1.82) is 0 Å². The summed E-state index contributed by atoms with van der Waals surface area (Å²) < 4.78 is 58.6. The number of alkyl halides is 3. The van der Waals surface area contributed by atoms with Gasteiger partial charge in [-0.2, -0.15) is 18.3 Å². The summed E-state index contributed by atoms with van der Waals surface area (Å²) in [4.78, 5) is 36.9. The van der Waals surface area contributed by atoms with Crippen LogP contribution in [0.15, 0.2) is 48.9 Å². The monoisotopic (exact) mass is 720 g/mol. The molecule has 1 aliphatic heterocycles. The molecule has 3 aromatic heterocycles. The molecular weight excluding hydrogens is 680 g/mol. The normalized spacial score (nSPS) is 13.8. The topological polar surface area (TPSA) is 141 Å². The van der Waals surface area contributed by atoms with Crippen molar-refractivity contribution in [2.75, 3.05) is 18.0 Å². The maximum absolute atomic E-state index is 16.9. The Hall–Kier alpha value is -5.31. The maximum atomic E-state index is 16.9. The molecule has 52 heavy (non-hydrogen) atoms. The number of aromatic amines is 1. The second kappa shape index (κ2) is 14.7. The van der Waals surface area contributed by atoms with Crippen molar-refractivity contribution in [2.24, 2.45) is 5.92 Å². The highest BCUT2D eigenvalue weighted by Gasteiger charge is 2.34. The van der Waals surface area contributed by atoms with E-state index < -0.39 is 42.0 Å². The fraction of sp³-hybridized carbons (Fsp3) is 0.378. The first kappa shape index (κ1) is 36.5. The number of fused-ring (bicyclic) bond motifs is 2. The first-order chi connectivity index (χ1) is 24.8. The van der Waals surface area contributed by atoms with Gasteiger partial charge in [-0.1, -0.05) is 45.9 Å². The zero-order chi connectivity index (χ0) is 37.3. The number of aliphatic carboxylic acids is 1. The lowest BCUT2D eigenvalue weighted by Gasteiger charge is -2.27. The van der Waals surface area contributed by atoms with Gasteiger partial charge in [0.15, 0.2) is 0 Å². The molecule has 2 aromatic carbocycles. The maximum Gasteiger partial charge on any atom is 0.419 e. The number of carboxylic acid groups (broad SMARTS) is 1. The van der Waals surface area contributed by atoms with Gasteiger partial charge in [-0.05, 0) is 47.6 Å². The number of aromatic nitrogens is 5. The van der Waals surface area contributed by atoms with E-state index >= 15 is 4.39 Å². The van der Waals surface area contributed by atoms with Gasteiger partial charge in [-0.15, -0.1) is 0 Å². The number of nitrogens with one attached hydrogen (secondary N) is 3. The number of carbonyl (C=O) groups excluding carboxylic acids is 1. The number of rotatable bonds is 12. The molecule has 1 atom stereocenters.